The molecule has 0 N–H and O–H groups in total. The summed E-state index contributed by atoms with van der Waals surface area (Å²) in [5.74, 6) is -2.36. The van der Waals surface area contributed by atoms with Crippen molar-refractivity contribution in [3.63, 3.8) is 0 Å². The van der Waals surface area contributed by atoms with Gasteiger partial charge in [-0.25, -0.2) is 9.18 Å². The van der Waals surface area contributed by atoms with Crippen LogP contribution in [0.25, 0.3) is 11.5 Å². The van der Waals surface area contributed by atoms with Crippen molar-refractivity contribution in [1.82, 2.24) is 10.2 Å². The van der Waals surface area contributed by atoms with Gasteiger partial charge < -0.3 is 9.15 Å². The third kappa shape index (κ3) is 2.60. The highest BCUT2D eigenvalue weighted by molar-refractivity contribution is 5.84. The van der Waals surface area contributed by atoms with Gasteiger partial charge >= 0.3 is 11.9 Å². The van der Waals surface area contributed by atoms with E-state index in [4.69, 9.17) is 4.42 Å². The second-order valence-electron chi connectivity index (χ2n) is 3.55. The minimum Gasteiger partial charge on any atom is -0.459 e. The van der Waals surface area contributed by atoms with Gasteiger partial charge in [-0.05, 0) is 19.1 Å². The zero-order valence-electron chi connectivity index (χ0n) is 10.2. The van der Waals surface area contributed by atoms with Crippen molar-refractivity contribution in [1.29, 1.82) is 0 Å². The molecular formula is C11H8FN3O5. The van der Waals surface area contributed by atoms with E-state index in [1.54, 1.807) is 6.92 Å². The van der Waals surface area contributed by atoms with E-state index in [2.05, 4.69) is 14.9 Å². The number of halogens is 1. The van der Waals surface area contributed by atoms with Crippen LogP contribution >= 0.6 is 0 Å². The lowest BCUT2D eigenvalue weighted by molar-refractivity contribution is -0.384. The fourth-order valence-corrected chi connectivity index (χ4v) is 1.45. The molecule has 0 spiro atoms. The van der Waals surface area contributed by atoms with E-state index < -0.39 is 28.3 Å². The quantitative estimate of drug-likeness (QED) is 0.478. The molecule has 0 fully saturated rings. The lowest BCUT2D eigenvalue weighted by Crippen LogP contribution is -2.04. The van der Waals surface area contributed by atoms with Gasteiger partial charge in [0.1, 0.15) is 11.4 Å². The van der Waals surface area contributed by atoms with Crippen LogP contribution in [0.15, 0.2) is 22.6 Å². The Kier molecular flexibility index (Phi) is 3.69. The van der Waals surface area contributed by atoms with Crippen molar-refractivity contribution in [2.45, 2.75) is 6.92 Å². The minimum atomic E-state index is -0.856. The number of nitro groups is 1. The molecule has 0 saturated carbocycles. The molecule has 20 heavy (non-hydrogen) atoms. The second kappa shape index (κ2) is 5.43. The first-order chi connectivity index (χ1) is 9.52. The summed E-state index contributed by atoms with van der Waals surface area (Å²) in [5, 5.41) is 17.7. The molecule has 2 aromatic rings. The van der Waals surface area contributed by atoms with Crippen LogP contribution in [0.2, 0.25) is 0 Å². The summed E-state index contributed by atoms with van der Waals surface area (Å²) in [6, 6.07) is 2.78. The number of carbonyl (C=O) groups excluding carboxylic acids is 1. The van der Waals surface area contributed by atoms with Crippen molar-refractivity contribution < 1.29 is 23.3 Å². The maximum absolute atomic E-state index is 13.2. The average molecular weight is 281 g/mol. The molecule has 8 nitrogen and oxygen atoms in total. The Morgan fingerprint density at radius 3 is 2.90 bits per heavy atom. The number of benzene rings is 1. The molecule has 0 radical (unpaired) electrons. The van der Waals surface area contributed by atoms with Crippen LogP contribution in [0.4, 0.5) is 10.1 Å². The van der Waals surface area contributed by atoms with E-state index in [1.807, 2.05) is 0 Å². The molecule has 0 amide bonds. The number of hydrogen-bond donors (Lipinski definition) is 0. The molecule has 0 aliphatic heterocycles. The predicted molar refractivity (Wildman–Crippen MR) is 62.3 cm³/mol. The molecule has 1 heterocycles. The largest absolute Gasteiger partial charge is 0.459 e. The van der Waals surface area contributed by atoms with Crippen molar-refractivity contribution in [2.75, 3.05) is 6.61 Å². The molecule has 0 saturated heterocycles. The van der Waals surface area contributed by atoms with E-state index in [0.717, 1.165) is 18.2 Å². The number of ether oxygens (including phenoxy) is 1. The van der Waals surface area contributed by atoms with Crippen LogP contribution in [0.3, 0.4) is 0 Å². The SMILES string of the molecule is CCOC(=O)c1nnc(-c2cc(F)ccc2[N+](=O)[O-])o1. The van der Waals surface area contributed by atoms with Gasteiger partial charge in [-0.15, -0.1) is 10.2 Å². The summed E-state index contributed by atoms with van der Waals surface area (Å²) in [7, 11) is 0. The van der Waals surface area contributed by atoms with Crippen LogP contribution < -0.4 is 0 Å². The Bertz CT molecular complexity index is 670. The summed E-state index contributed by atoms with van der Waals surface area (Å²) in [6.07, 6.45) is 0. The Morgan fingerprint density at radius 2 is 2.25 bits per heavy atom. The maximum Gasteiger partial charge on any atom is 0.396 e. The normalized spacial score (nSPS) is 10.3. The summed E-state index contributed by atoms with van der Waals surface area (Å²) < 4.78 is 22.8. The average Bonchev–Trinajstić information content (AvgIpc) is 2.88. The Balaban J connectivity index is 2.44. The van der Waals surface area contributed by atoms with Gasteiger partial charge in [-0.2, -0.15) is 0 Å². The van der Waals surface area contributed by atoms with Gasteiger partial charge in [-0.3, -0.25) is 10.1 Å². The van der Waals surface area contributed by atoms with E-state index in [-0.39, 0.29) is 18.1 Å². The molecule has 1 aromatic heterocycles. The minimum absolute atomic E-state index is 0.108. The molecule has 0 atom stereocenters. The maximum atomic E-state index is 13.2. The predicted octanol–water partition coefficient (Wildman–Crippen LogP) is 1.96. The first-order valence-corrected chi connectivity index (χ1v) is 5.48. The molecule has 0 bridgehead atoms. The fraction of sp³-hybridized carbons (Fsp3) is 0.182. The number of esters is 1. The summed E-state index contributed by atoms with van der Waals surface area (Å²) in [4.78, 5) is 21.5. The van der Waals surface area contributed by atoms with E-state index in [9.17, 15) is 19.3 Å². The van der Waals surface area contributed by atoms with Gasteiger partial charge in [0.05, 0.1) is 11.5 Å². The van der Waals surface area contributed by atoms with Crippen molar-refractivity contribution in [3.8, 4) is 11.5 Å². The third-order valence-corrected chi connectivity index (χ3v) is 2.26. The molecule has 0 aliphatic rings. The molecule has 104 valence electrons. The summed E-state index contributed by atoms with van der Waals surface area (Å²) in [6.45, 7) is 1.70. The van der Waals surface area contributed by atoms with Gasteiger partial charge in [0.15, 0.2) is 0 Å². The zero-order chi connectivity index (χ0) is 14.7. The van der Waals surface area contributed by atoms with E-state index in [1.165, 1.54) is 0 Å². The summed E-state index contributed by atoms with van der Waals surface area (Å²) in [5.41, 5.74) is -0.622. The van der Waals surface area contributed by atoms with Crippen LogP contribution in [0.1, 0.15) is 17.6 Å². The first-order valence-electron chi connectivity index (χ1n) is 5.48. The lowest BCUT2D eigenvalue weighted by Gasteiger charge is -1.98. The van der Waals surface area contributed by atoms with Crippen molar-refractivity contribution in [3.05, 3.63) is 40.0 Å². The van der Waals surface area contributed by atoms with Gasteiger partial charge in [0, 0.05) is 6.07 Å². The lowest BCUT2D eigenvalue weighted by atomic mass is 10.2. The fourth-order valence-electron chi connectivity index (χ4n) is 1.45. The van der Waals surface area contributed by atoms with Crippen LogP contribution in [-0.2, 0) is 4.74 Å². The van der Waals surface area contributed by atoms with E-state index >= 15 is 0 Å². The van der Waals surface area contributed by atoms with Crippen LogP contribution in [0.5, 0.6) is 0 Å². The number of aromatic nitrogens is 2. The van der Waals surface area contributed by atoms with Crippen LogP contribution in [-0.4, -0.2) is 27.7 Å². The molecule has 9 heteroatoms. The smallest absolute Gasteiger partial charge is 0.396 e. The number of carbonyl (C=O) groups is 1. The van der Waals surface area contributed by atoms with Crippen LogP contribution in [0, 0.1) is 15.9 Å². The number of nitrogens with zero attached hydrogens (tertiary/aromatic N) is 3. The number of nitro benzene ring substituents is 1. The highest BCUT2D eigenvalue weighted by Gasteiger charge is 2.23. The monoisotopic (exact) mass is 281 g/mol. The van der Waals surface area contributed by atoms with Gasteiger partial charge in [-0.1, -0.05) is 0 Å². The first kappa shape index (κ1) is 13.6. The third-order valence-electron chi connectivity index (χ3n) is 2.26. The number of rotatable bonds is 4. The molecule has 0 aliphatic carbocycles. The molecule has 2 rings (SSSR count). The van der Waals surface area contributed by atoms with Gasteiger partial charge in [0.2, 0.25) is 0 Å². The molecule has 0 unspecified atom stereocenters. The van der Waals surface area contributed by atoms with Crippen molar-refractivity contribution >= 4 is 11.7 Å². The highest BCUT2D eigenvalue weighted by Crippen LogP contribution is 2.29. The Labute approximate surface area is 111 Å². The molecular weight excluding hydrogens is 273 g/mol. The standard InChI is InChI=1S/C11H8FN3O5/c1-2-19-11(16)10-14-13-9(20-10)7-5-6(12)3-4-8(7)15(17)18/h3-5H,2H2,1H3. The topological polar surface area (TPSA) is 108 Å². The van der Waals surface area contributed by atoms with Gasteiger partial charge in [0.25, 0.3) is 11.6 Å². The summed E-state index contributed by atoms with van der Waals surface area (Å²) >= 11 is 0. The van der Waals surface area contributed by atoms with E-state index in [0.29, 0.717) is 0 Å². The Hall–Kier alpha value is -2.84. The number of hydrogen-bond acceptors (Lipinski definition) is 7. The van der Waals surface area contributed by atoms with Crippen molar-refractivity contribution in [2.24, 2.45) is 0 Å². The Morgan fingerprint density at radius 1 is 1.50 bits per heavy atom. The highest BCUT2D eigenvalue weighted by atomic mass is 19.1. The molecule has 1 aromatic carbocycles. The zero-order valence-corrected chi connectivity index (χ0v) is 10.2. The second-order valence-corrected chi connectivity index (χ2v) is 3.55.